The van der Waals surface area contributed by atoms with Crippen molar-refractivity contribution in [2.24, 2.45) is 0 Å². The van der Waals surface area contributed by atoms with E-state index in [1.54, 1.807) is 30.2 Å². The number of carbonyl (C=O) groups excluding carboxylic acids is 2. The number of methoxy groups -OCH3 is 1. The third-order valence-corrected chi connectivity index (χ3v) is 3.85. The summed E-state index contributed by atoms with van der Waals surface area (Å²) >= 11 is 0. The van der Waals surface area contributed by atoms with Crippen LogP contribution in [0.25, 0.3) is 0 Å². The molecule has 0 saturated heterocycles. The van der Waals surface area contributed by atoms with E-state index in [2.05, 4.69) is 10.6 Å². The third kappa shape index (κ3) is 5.60. The molecule has 6 heteroatoms. The Kier molecular flexibility index (Phi) is 7.64. The van der Waals surface area contributed by atoms with Crippen molar-refractivity contribution in [2.75, 3.05) is 43.6 Å². The second kappa shape index (κ2) is 10.2. The zero-order valence-corrected chi connectivity index (χ0v) is 15.2. The number of amides is 2. The van der Waals surface area contributed by atoms with Crippen LogP contribution in [-0.2, 0) is 9.53 Å². The summed E-state index contributed by atoms with van der Waals surface area (Å²) in [5.41, 5.74) is 2.13. The zero-order valence-electron chi connectivity index (χ0n) is 15.2. The van der Waals surface area contributed by atoms with Gasteiger partial charge >= 0.3 is 0 Å². The Morgan fingerprint density at radius 1 is 1.08 bits per heavy atom. The first-order valence-electron chi connectivity index (χ1n) is 8.62. The van der Waals surface area contributed by atoms with Crippen molar-refractivity contribution in [2.45, 2.75) is 6.92 Å². The lowest BCUT2D eigenvalue weighted by atomic mass is 10.2. The predicted molar refractivity (Wildman–Crippen MR) is 104 cm³/mol. The summed E-state index contributed by atoms with van der Waals surface area (Å²) in [5.74, 6) is -0.204. The minimum Gasteiger partial charge on any atom is -0.383 e. The fraction of sp³-hybridized carbons (Fsp3) is 0.300. The molecule has 0 fully saturated rings. The number of hydrogen-bond donors (Lipinski definition) is 2. The maximum Gasteiger partial charge on any atom is 0.251 e. The normalized spacial score (nSPS) is 10.2. The lowest BCUT2D eigenvalue weighted by molar-refractivity contribution is -0.116. The molecule has 0 aliphatic carbocycles. The highest BCUT2D eigenvalue weighted by atomic mass is 16.5. The molecule has 2 amide bonds. The molecule has 0 aliphatic heterocycles. The van der Waals surface area contributed by atoms with Crippen LogP contribution in [-0.4, -0.2) is 45.2 Å². The second-order valence-electron chi connectivity index (χ2n) is 5.66. The van der Waals surface area contributed by atoms with Gasteiger partial charge in [-0.25, -0.2) is 0 Å². The maximum atomic E-state index is 12.5. The van der Waals surface area contributed by atoms with Crippen molar-refractivity contribution in [1.82, 2.24) is 5.32 Å². The highest BCUT2D eigenvalue weighted by molar-refractivity contribution is 5.97. The third-order valence-electron chi connectivity index (χ3n) is 3.85. The van der Waals surface area contributed by atoms with Crippen molar-refractivity contribution < 1.29 is 14.3 Å². The number of hydrogen-bond acceptors (Lipinski definition) is 4. The van der Waals surface area contributed by atoms with E-state index in [9.17, 15) is 9.59 Å². The molecule has 0 heterocycles. The predicted octanol–water partition coefficient (Wildman–Crippen LogP) is 2.53. The van der Waals surface area contributed by atoms with Gasteiger partial charge in [0, 0.05) is 37.1 Å². The van der Waals surface area contributed by atoms with Crippen LogP contribution in [0.4, 0.5) is 11.4 Å². The molecular formula is C20H25N3O3. The van der Waals surface area contributed by atoms with Crippen LogP contribution in [0, 0.1) is 0 Å². The standard InChI is InChI=1S/C20H25N3O3/c1-3-23(18-10-5-4-6-11-18)19(24)15-22-17-9-7-8-16(14-17)20(25)21-12-13-26-2/h4-11,14,22H,3,12-13,15H2,1-2H3,(H,21,25). The largest absolute Gasteiger partial charge is 0.383 e. The van der Waals surface area contributed by atoms with E-state index < -0.39 is 0 Å². The van der Waals surface area contributed by atoms with Crippen molar-refractivity contribution >= 4 is 23.2 Å². The molecule has 2 aromatic carbocycles. The van der Waals surface area contributed by atoms with E-state index in [0.29, 0.717) is 25.3 Å². The number of rotatable bonds is 9. The fourth-order valence-corrected chi connectivity index (χ4v) is 2.52. The summed E-state index contributed by atoms with van der Waals surface area (Å²) in [4.78, 5) is 26.3. The number of nitrogens with one attached hydrogen (secondary N) is 2. The molecule has 0 spiro atoms. The van der Waals surface area contributed by atoms with E-state index in [1.807, 2.05) is 43.3 Å². The Balaban J connectivity index is 1.95. The molecule has 2 N–H and O–H groups in total. The van der Waals surface area contributed by atoms with Gasteiger partial charge < -0.3 is 20.3 Å². The molecule has 2 rings (SSSR count). The smallest absolute Gasteiger partial charge is 0.251 e. The molecule has 0 aromatic heterocycles. The van der Waals surface area contributed by atoms with Crippen LogP contribution in [0.2, 0.25) is 0 Å². The lowest BCUT2D eigenvalue weighted by Crippen LogP contribution is -2.35. The molecule has 2 aromatic rings. The van der Waals surface area contributed by atoms with Crippen LogP contribution in [0.15, 0.2) is 54.6 Å². The number of para-hydroxylation sites is 1. The van der Waals surface area contributed by atoms with E-state index in [4.69, 9.17) is 4.74 Å². The molecule has 0 radical (unpaired) electrons. The first-order chi connectivity index (χ1) is 12.7. The minimum absolute atomic E-state index is 0.0337. The molecule has 0 saturated carbocycles. The van der Waals surface area contributed by atoms with Crippen LogP contribution >= 0.6 is 0 Å². The first kappa shape index (κ1) is 19.5. The molecule has 26 heavy (non-hydrogen) atoms. The summed E-state index contributed by atoms with van der Waals surface area (Å²) in [5, 5.41) is 5.87. The molecule has 138 valence electrons. The summed E-state index contributed by atoms with van der Waals surface area (Å²) in [6.45, 7) is 3.60. The van der Waals surface area contributed by atoms with Gasteiger partial charge in [0.2, 0.25) is 5.91 Å². The molecule has 0 bridgehead atoms. The van der Waals surface area contributed by atoms with Crippen molar-refractivity contribution in [3.05, 3.63) is 60.2 Å². The van der Waals surface area contributed by atoms with Gasteiger partial charge in [-0.1, -0.05) is 24.3 Å². The van der Waals surface area contributed by atoms with Crippen LogP contribution in [0.5, 0.6) is 0 Å². The fourth-order valence-electron chi connectivity index (χ4n) is 2.52. The quantitative estimate of drug-likeness (QED) is 0.678. The average molecular weight is 355 g/mol. The number of likely N-dealkylation sites (N-methyl/N-ethyl adjacent to an activating group) is 1. The minimum atomic E-state index is -0.170. The summed E-state index contributed by atoms with van der Waals surface area (Å²) in [6.07, 6.45) is 0. The Hall–Kier alpha value is -2.86. The SMILES string of the molecule is CCN(C(=O)CNc1cccc(C(=O)NCCOC)c1)c1ccccc1. The van der Waals surface area contributed by atoms with E-state index in [-0.39, 0.29) is 18.4 Å². The maximum absolute atomic E-state index is 12.5. The van der Waals surface area contributed by atoms with Crippen molar-refractivity contribution in [1.29, 1.82) is 0 Å². The lowest BCUT2D eigenvalue weighted by Gasteiger charge is -2.21. The van der Waals surface area contributed by atoms with Gasteiger partial charge in [0.05, 0.1) is 13.2 Å². The Labute approximate surface area is 154 Å². The first-order valence-corrected chi connectivity index (χ1v) is 8.62. The molecule has 0 atom stereocenters. The van der Waals surface area contributed by atoms with E-state index >= 15 is 0 Å². The topological polar surface area (TPSA) is 70.7 Å². The van der Waals surface area contributed by atoms with Gasteiger partial charge in [0.1, 0.15) is 0 Å². The Morgan fingerprint density at radius 2 is 1.85 bits per heavy atom. The van der Waals surface area contributed by atoms with E-state index in [1.165, 1.54) is 0 Å². The molecule has 0 unspecified atom stereocenters. The molecule has 0 aliphatic rings. The highest BCUT2D eigenvalue weighted by Crippen LogP contribution is 2.14. The second-order valence-corrected chi connectivity index (χ2v) is 5.66. The van der Waals surface area contributed by atoms with Gasteiger partial charge in [-0.15, -0.1) is 0 Å². The Morgan fingerprint density at radius 3 is 2.54 bits per heavy atom. The van der Waals surface area contributed by atoms with E-state index in [0.717, 1.165) is 11.4 Å². The number of anilines is 2. The summed E-state index contributed by atoms with van der Waals surface area (Å²) in [7, 11) is 1.59. The van der Waals surface area contributed by atoms with Gasteiger partial charge in [-0.2, -0.15) is 0 Å². The number of ether oxygens (including phenoxy) is 1. The van der Waals surface area contributed by atoms with Crippen LogP contribution in [0.1, 0.15) is 17.3 Å². The average Bonchev–Trinajstić information content (AvgIpc) is 2.68. The molecular weight excluding hydrogens is 330 g/mol. The number of nitrogens with zero attached hydrogens (tertiary/aromatic N) is 1. The monoisotopic (exact) mass is 355 g/mol. The number of benzene rings is 2. The number of carbonyl (C=O) groups is 2. The van der Waals surface area contributed by atoms with Gasteiger partial charge in [-0.3, -0.25) is 9.59 Å². The van der Waals surface area contributed by atoms with Gasteiger partial charge in [-0.05, 0) is 37.3 Å². The van der Waals surface area contributed by atoms with Crippen molar-refractivity contribution in [3.8, 4) is 0 Å². The van der Waals surface area contributed by atoms with Crippen LogP contribution in [0.3, 0.4) is 0 Å². The zero-order chi connectivity index (χ0) is 18.8. The summed E-state index contributed by atoms with van der Waals surface area (Å²) < 4.78 is 4.92. The summed E-state index contributed by atoms with van der Waals surface area (Å²) in [6, 6.07) is 16.6. The molecule has 6 nitrogen and oxygen atoms in total. The van der Waals surface area contributed by atoms with Crippen LogP contribution < -0.4 is 15.5 Å². The van der Waals surface area contributed by atoms with Gasteiger partial charge in [0.25, 0.3) is 5.91 Å². The van der Waals surface area contributed by atoms with Crippen molar-refractivity contribution in [3.63, 3.8) is 0 Å². The highest BCUT2D eigenvalue weighted by Gasteiger charge is 2.13. The Bertz CT molecular complexity index is 719. The van der Waals surface area contributed by atoms with Gasteiger partial charge in [0.15, 0.2) is 0 Å².